The van der Waals surface area contributed by atoms with Crippen molar-refractivity contribution in [1.82, 2.24) is 0 Å². The van der Waals surface area contributed by atoms with Gasteiger partial charge in [0.05, 0.1) is 12.2 Å². The van der Waals surface area contributed by atoms with E-state index >= 15 is 0 Å². The summed E-state index contributed by atoms with van der Waals surface area (Å²) in [6.07, 6.45) is -7.21. The van der Waals surface area contributed by atoms with Gasteiger partial charge in [0.2, 0.25) is 0 Å². The van der Waals surface area contributed by atoms with Crippen molar-refractivity contribution in [3.8, 4) is 0 Å². The zero-order valence-corrected chi connectivity index (χ0v) is 15.1. The monoisotopic (exact) mass is 386 g/mol. The van der Waals surface area contributed by atoms with Gasteiger partial charge in [0.25, 0.3) is 5.60 Å². The Morgan fingerprint density at radius 1 is 0.963 bits per heavy atom. The molecule has 4 saturated heterocycles. The number of carbonyl (C=O) groups is 1. The smallest absolute Gasteiger partial charge is 0.432 e. The Bertz CT molecular complexity index is 720. The molecule has 0 spiro atoms. The molecule has 1 aromatic carbocycles. The molecule has 1 aromatic rings. The Morgan fingerprint density at radius 2 is 1.56 bits per heavy atom. The van der Waals surface area contributed by atoms with Gasteiger partial charge in [0.15, 0.2) is 6.10 Å². The first-order chi connectivity index (χ1) is 12.7. The van der Waals surface area contributed by atoms with Gasteiger partial charge >= 0.3 is 12.1 Å². The minimum atomic E-state index is -5.00. The summed E-state index contributed by atoms with van der Waals surface area (Å²) in [5.74, 6) is -1.47. The van der Waals surface area contributed by atoms with E-state index in [9.17, 15) is 18.0 Å². The Hall–Kier alpha value is -1.64. The van der Waals surface area contributed by atoms with Crippen molar-refractivity contribution in [3.05, 3.63) is 35.9 Å². The highest BCUT2D eigenvalue weighted by molar-refractivity contribution is 5.83. The van der Waals surface area contributed by atoms with Crippen molar-refractivity contribution in [1.29, 1.82) is 0 Å². The summed E-state index contributed by atoms with van der Waals surface area (Å²) in [7, 11) is 0.853. The summed E-state index contributed by atoms with van der Waals surface area (Å²) in [6, 6.07) is 6.78. The number of halogens is 3. The number of methoxy groups -OCH3 is 1. The van der Waals surface area contributed by atoms with Crippen molar-refractivity contribution in [2.24, 2.45) is 11.8 Å². The molecule has 5 rings (SSSR count). The van der Waals surface area contributed by atoms with Gasteiger partial charge in [-0.2, -0.15) is 13.2 Å². The van der Waals surface area contributed by atoms with E-state index in [0.29, 0.717) is 0 Å². The SMILES string of the molecule is COC(C(=O)O[C@H]1[C@H]2OC3[C@@H](C)[C@@H](O[C@@H]31)[C@H]2C)(c1ccccc1)C(F)(F)F. The predicted molar refractivity (Wildman–Crippen MR) is 86.7 cm³/mol. The Labute approximate surface area is 154 Å². The number of alkyl halides is 3. The summed E-state index contributed by atoms with van der Waals surface area (Å²) >= 11 is 0. The van der Waals surface area contributed by atoms with Crippen LogP contribution in [0.2, 0.25) is 0 Å². The first-order valence-corrected chi connectivity index (χ1v) is 8.91. The van der Waals surface area contributed by atoms with E-state index in [1.165, 1.54) is 24.3 Å². The van der Waals surface area contributed by atoms with Crippen LogP contribution in [0.3, 0.4) is 0 Å². The molecular formula is C19H21F3O5. The average Bonchev–Trinajstić information content (AvgIpc) is 3.04. The molecule has 4 aliphatic heterocycles. The highest BCUT2D eigenvalue weighted by Gasteiger charge is 2.68. The summed E-state index contributed by atoms with van der Waals surface area (Å²) in [5, 5.41) is 0. The third-order valence-corrected chi connectivity index (χ3v) is 6.09. The van der Waals surface area contributed by atoms with Crippen LogP contribution in [0.25, 0.3) is 0 Å². The first kappa shape index (κ1) is 18.7. The molecule has 0 saturated carbocycles. The maximum absolute atomic E-state index is 14.0. The van der Waals surface area contributed by atoms with Crippen molar-refractivity contribution >= 4 is 5.97 Å². The molecule has 4 bridgehead atoms. The average molecular weight is 386 g/mol. The quantitative estimate of drug-likeness (QED) is 0.745. The molecule has 0 amide bonds. The van der Waals surface area contributed by atoms with Crippen LogP contribution in [0.5, 0.6) is 0 Å². The molecule has 8 heteroatoms. The van der Waals surface area contributed by atoms with Gasteiger partial charge in [-0.15, -0.1) is 0 Å². The van der Waals surface area contributed by atoms with Crippen LogP contribution in [0.4, 0.5) is 13.2 Å². The van der Waals surface area contributed by atoms with E-state index in [0.717, 1.165) is 7.11 Å². The lowest BCUT2D eigenvalue weighted by molar-refractivity contribution is -0.282. The van der Waals surface area contributed by atoms with Crippen LogP contribution >= 0.6 is 0 Å². The van der Waals surface area contributed by atoms with E-state index in [2.05, 4.69) is 0 Å². The van der Waals surface area contributed by atoms with E-state index in [-0.39, 0.29) is 29.6 Å². The van der Waals surface area contributed by atoms with Crippen molar-refractivity contribution in [2.45, 2.75) is 56.1 Å². The van der Waals surface area contributed by atoms with Crippen molar-refractivity contribution in [2.75, 3.05) is 7.11 Å². The fourth-order valence-electron chi connectivity index (χ4n) is 4.72. The van der Waals surface area contributed by atoms with Crippen LogP contribution in [-0.4, -0.2) is 49.8 Å². The minimum Gasteiger partial charge on any atom is -0.454 e. The zero-order valence-electron chi connectivity index (χ0n) is 15.1. The number of rotatable bonds is 4. The fourth-order valence-corrected chi connectivity index (χ4v) is 4.72. The van der Waals surface area contributed by atoms with Gasteiger partial charge in [-0.05, 0) is 0 Å². The third kappa shape index (κ3) is 2.46. The molecule has 4 aliphatic rings. The van der Waals surface area contributed by atoms with Crippen molar-refractivity contribution in [3.63, 3.8) is 0 Å². The van der Waals surface area contributed by atoms with Gasteiger partial charge in [0.1, 0.15) is 12.2 Å². The van der Waals surface area contributed by atoms with Crippen LogP contribution in [-0.2, 0) is 29.3 Å². The molecule has 27 heavy (non-hydrogen) atoms. The van der Waals surface area contributed by atoms with Gasteiger partial charge < -0.3 is 18.9 Å². The molecule has 4 fully saturated rings. The molecule has 148 valence electrons. The Balaban J connectivity index is 1.66. The largest absolute Gasteiger partial charge is 0.454 e. The van der Waals surface area contributed by atoms with Crippen LogP contribution in [0.1, 0.15) is 19.4 Å². The normalized spacial score (nSPS) is 39.4. The summed E-state index contributed by atoms with van der Waals surface area (Å²) in [4.78, 5) is 12.9. The van der Waals surface area contributed by atoms with Gasteiger partial charge in [-0.1, -0.05) is 44.2 Å². The second-order valence-electron chi connectivity index (χ2n) is 7.47. The maximum atomic E-state index is 14.0. The number of benzene rings is 1. The number of hydrogen-bond donors (Lipinski definition) is 0. The second kappa shape index (κ2) is 6.18. The molecule has 0 N–H and O–H groups in total. The standard InChI is InChI=1S/C19H21F3O5/c1-9-12-10(2)14-16(15(25-12)13(9)26-14)27-17(23)18(24-3,19(20,21)22)11-7-5-4-6-8-11/h4-10,12-16H,1-3H3/t9-,10+,12+,13?,14-,15-,16-,18?/m0/s1. The molecule has 8 atom stereocenters. The van der Waals surface area contributed by atoms with Gasteiger partial charge in [-0.3, -0.25) is 0 Å². The molecule has 4 heterocycles. The molecule has 5 nitrogen and oxygen atoms in total. The summed E-state index contributed by atoms with van der Waals surface area (Å²) in [5.41, 5.74) is -3.54. The number of ether oxygens (including phenoxy) is 4. The topological polar surface area (TPSA) is 54.0 Å². The molecule has 2 unspecified atom stereocenters. The van der Waals surface area contributed by atoms with E-state index < -0.39 is 36.1 Å². The van der Waals surface area contributed by atoms with Gasteiger partial charge in [0, 0.05) is 24.5 Å². The lowest BCUT2D eigenvalue weighted by atomic mass is 9.87. The van der Waals surface area contributed by atoms with Crippen LogP contribution in [0.15, 0.2) is 30.3 Å². The lowest BCUT2D eigenvalue weighted by Gasteiger charge is -2.40. The lowest BCUT2D eigenvalue weighted by Crippen LogP contribution is -2.56. The van der Waals surface area contributed by atoms with Crippen LogP contribution in [0, 0.1) is 11.8 Å². The van der Waals surface area contributed by atoms with E-state index in [1.54, 1.807) is 6.07 Å². The zero-order chi connectivity index (χ0) is 19.6. The first-order valence-electron chi connectivity index (χ1n) is 8.91. The highest BCUT2D eigenvalue weighted by atomic mass is 19.4. The summed E-state index contributed by atoms with van der Waals surface area (Å²) in [6.45, 7) is 3.88. The molecular weight excluding hydrogens is 365 g/mol. The Kier molecular flexibility index (Phi) is 4.29. The van der Waals surface area contributed by atoms with E-state index in [1.807, 2.05) is 13.8 Å². The highest BCUT2D eigenvalue weighted by Crippen LogP contribution is 2.52. The van der Waals surface area contributed by atoms with Gasteiger partial charge in [-0.25, -0.2) is 4.79 Å². The molecule has 0 aromatic heterocycles. The third-order valence-electron chi connectivity index (χ3n) is 6.09. The molecule has 0 aliphatic carbocycles. The van der Waals surface area contributed by atoms with E-state index in [4.69, 9.17) is 18.9 Å². The van der Waals surface area contributed by atoms with Crippen molar-refractivity contribution < 1.29 is 36.9 Å². The second-order valence-corrected chi connectivity index (χ2v) is 7.47. The molecule has 0 radical (unpaired) electrons. The fraction of sp³-hybridized carbons (Fsp3) is 0.632. The number of hydrogen-bond acceptors (Lipinski definition) is 5. The Morgan fingerprint density at radius 3 is 2.15 bits per heavy atom. The predicted octanol–water partition coefficient (Wildman–Crippen LogP) is 2.82. The van der Waals surface area contributed by atoms with Crippen LogP contribution < -0.4 is 0 Å². The number of carbonyl (C=O) groups excluding carboxylic acids is 1. The minimum absolute atomic E-state index is 0.0300. The number of esters is 1. The summed E-state index contributed by atoms with van der Waals surface area (Å²) < 4.78 is 64.0. The maximum Gasteiger partial charge on any atom is 0.432 e.